The molecule has 3 nitrogen and oxygen atoms in total. The number of ether oxygens (including phenoxy) is 1. The zero-order chi connectivity index (χ0) is 16.2. The van der Waals surface area contributed by atoms with Crippen molar-refractivity contribution < 1.29 is 13.9 Å². The lowest BCUT2D eigenvalue weighted by Crippen LogP contribution is -2.34. The molecule has 1 unspecified atom stereocenters. The van der Waals surface area contributed by atoms with Crippen molar-refractivity contribution in [2.24, 2.45) is 0 Å². The summed E-state index contributed by atoms with van der Waals surface area (Å²) in [6.45, 7) is 0.622. The fraction of sp³-hybridized carbons (Fsp3) is 0.316. The highest BCUT2D eigenvalue weighted by Gasteiger charge is 2.27. The van der Waals surface area contributed by atoms with Gasteiger partial charge in [0.2, 0.25) is 5.91 Å². The Morgan fingerprint density at radius 2 is 1.96 bits per heavy atom. The SMILES string of the molecule is CN(C(=O)CCc1ccc(F)cc1)C1CCOc2ccccc21. The number of carbonyl (C=O) groups excluding carboxylic acids is 1. The van der Waals surface area contributed by atoms with Crippen molar-refractivity contribution in [2.45, 2.75) is 25.3 Å². The molecule has 0 fully saturated rings. The maximum atomic E-state index is 12.9. The molecule has 1 amide bonds. The Hall–Kier alpha value is -2.36. The standard InChI is InChI=1S/C19H20FNO2/c1-21(17-12-13-23-18-5-3-2-4-16(17)18)19(22)11-8-14-6-9-15(20)10-7-14/h2-7,9-10,17H,8,11-13H2,1H3. The van der Waals surface area contributed by atoms with Crippen LogP contribution in [-0.2, 0) is 11.2 Å². The first-order valence-corrected chi connectivity index (χ1v) is 7.87. The maximum Gasteiger partial charge on any atom is 0.223 e. The average Bonchev–Trinajstić information content (AvgIpc) is 2.60. The fourth-order valence-electron chi connectivity index (χ4n) is 2.98. The zero-order valence-corrected chi connectivity index (χ0v) is 13.2. The molecule has 2 aromatic carbocycles. The monoisotopic (exact) mass is 313 g/mol. The molecule has 1 atom stereocenters. The van der Waals surface area contributed by atoms with Crippen LogP contribution < -0.4 is 4.74 Å². The predicted molar refractivity (Wildman–Crippen MR) is 86.8 cm³/mol. The molecule has 0 N–H and O–H groups in total. The minimum absolute atomic E-state index is 0.0562. The molecular formula is C19H20FNO2. The third-order valence-electron chi connectivity index (χ3n) is 4.33. The van der Waals surface area contributed by atoms with Gasteiger partial charge >= 0.3 is 0 Å². The Bertz CT molecular complexity index is 684. The molecule has 2 aromatic rings. The molecule has 120 valence electrons. The van der Waals surface area contributed by atoms with Crippen LogP contribution in [0.15, 0.2) is 48.5 Å². The molecule has 23 heavy (non-hydrogen) atoms. The van der Waals surface area contributed by atoms with E-state index in [1.807, 2.05) is 36.2 Å². The lowest BCUT2D eigenvalue weighted by atomic mass is 9.98. The zero-order valence-electron chi connectivity index (χ0n) is 13.2. The second-order valence-corrected chi connectivity index (χ2v) is 5.82. The van der Waals surface area contributed by atoms with Gasteiger partial charge in [-0.3, -0.25) is 4.79 Å². The third kappa shape index (κ3) is 3.52. The van der Waals surface area contributed by atoms with Gasteiger partial charge in [-0.05, 0) is 30.2 Å². The smallest absolute Gasteiger partial charge is 0.223 e. The number of hydrogen-bond donors (Lipinski definition) is 0. The van der Waals surface area contributed by atoms with Crippen molar-refractivity contribution in [3.8, 4) is 5.75 Å². The number of aryl methyl sites for hydroxylation is 1. The minimum Gasteiger partial charge on any atom is -0.493 e. The van der Waals surface area contributed by atoms with Gasteiger partial charge in [0, 0.05) is 25.5 Å². The van der Waals surface area contributed by atoms with Gasteiger partial charge in [-0.2, -0.15) is 0 Å². The molecule has 1 aliphatic heterocycles. The van der Waals surface area contributed by atoms with Crippen LogP contribution in [0, 0.1) is 5.82 Å². The highest BCUT2D eigenvalue weighted by atomic mass is 19.1. The molecule has 0 aromatic heterocycles. The molecular weight excluding hydrogens is 293 g/mol. The van der Waals surface area contributed by atoms with Crippen molar-refractivity contribution in [1.82, 2.24) is 4.90 Å². The van der Waals surface area contributed by atoms with Crippen LogP contribution in [0.4, 0.5) is 4.39 Å². The highest BCUT2D eigenvalue weighted by Crippen LogP contribution is 2.35. The summed E-state index contributed by atoms with van der Waals surface area (Å²) in [7, 11) is 1.85. The molecule has 0 saturated heterocycles. The molecule has 0 radical (unpaired) electrons. The van der Waals surface area contributed by atoms with Crippen LogP contribution in [0.1, 0.15) is 30.0 Å². The summed E-state index contributed by atoms with van der Waals surface area (Å²) in [5.41, 5.74) is 2.04. The first-order valence-electron chi connectivity index (χ1n) is 7.87. The number of fused-ring (bicyclic) bond motifs is 1. The summed E-state index contributed by atoms with van der Waals surface area (Å²) in [6, 6.07) is 14.2. The number of halogens is 1. The van der Waals surface area contributed by atoms with Gasteiger partial charge in [0.1, 0.15) is 11.6 Å². The van der Waals surface area contributed by atoms with E-state index in [4.69, 9.17) is 4.74 Å². The van der Waals surface area contributed by atoms with Crippen LogP contribution in [0.2, 0.25) is 0 Å². The van der Waals surface area contributed by atoms with Gasteiger partial charge in [0.25, 0.3) is 0 Å². The highest BCUT2D eigenvalue weighted by molar-refractivity contribution is 5.77. The molecule has 1 aliphatic rings. The minimum atomic E-state index is -0.254. The number of amides is 1. The van der Waals surface area contributed by atoms with E-state index in [-0.39, 0.29) is 17.8 Å². The van der Waals surface area contributed by atoms with E-state index >= 15 is 0 Å². The number of nitrogens with zero attached hydrogens (tertiary/aromatic N) is 1. The summed E-state index contributed by atoms with van der Waals surface area (Å²) in [6.07, 6.45) is 1.84. The second-order valence-electron chi connectivity index (χ2n) is 5.82. The Labute approximate surface area is 135 Å². The van der Waals surface area contributed by atoms with Crippen LogP contribution in [0.3, 0.4) is 0 Å². The van der Waals surface area contributed by atoms with Gasteiger partial charge in [-0.15, -0.1) is 0 Å². The van der Waals surface area contributed by atoms with Gasteiger partial charge in [0.05, 0.1) is 12.6 Å². The van der Waals surface area contributed by atoms with Gasteiger partial charge < -0.3 is 9.64 Å². The Morgan fingerprint density at radius 1 is 1.22 bits per heavy atom. The van der Waals surface area contributed by atoms with Crippen LogP contribution >= 0.6 is 0 Å². The predicted octanol–water partition coefficient (Wildman–Crippen LogP) is 3.74. The van der Waals surface area contributed by atoms with E-state index in [0.29, 0.717) is 19.4 Å². The maximum absolute atomic E-state index is 12.9. The number of rotatable bonds is 4. The largest absolute Gasteiger partial charge is 0.493 e. The van der Waals surface area contributed by atoms with Crippen LogP contribution in [-0.4, -0.2) is 24.5 Å². The van der Waals surface area contributed by atoms with Crippen LogP contribution in [0.25, 0.3) is 0 Å². The Morgan fingerprint density at radius 3 is 2.74 bits per heavy atom. The van der Waals surface area contributed by atoms with Crippen molar-refractivity contribution in [3.05, 3.63) is 65.5 Å². The normalized spacial score (nSPS) is 16.3. The van der Waals surface area contributed by atoms with Crippen molar-refractivity contribution >= 4 is 5.91 Å². The molecule has 0 aliphatic carbocycles. The number of hydrogen-bond acceptors (Lipinski definition) is 2. The molecule has 3 rings (SSSR count). The topological polar surface area (TPSA) is 29.5 Å². The first kappa shape index (κ1) is 15.5. The lowest BCUT2D eigenvalue weighted by Gasteiger charge is -2.33. The van der Waals surface area contributed by atoms with E-state index in [1.165, 1.54) is 12.1 Å². The molecule has 0 saturated carbocycles. The summed E-state index contributed by atoms with van der Waals surface area (Å²) >= 11 is 0. The summed E-state index contributed by atoms with van der Waals surface area (Å²) < 4.78 is 18.6. The summed E-state index contributed by atoms with van der Waals surface area (Å²) in [4.78, 5) is 14.3. The first-order chi connectivity index (χ1) is 11.1. The van der Waals surface area contributed by atoms with E-state index < -0.39 is 0 Å². The van der Waals surface area contributed by atoms with Gasteiger partial charge in [0.15, 0.2) is 0 Å². The van der Waals surface area contributed by atoms with Crippen molar-refractivity contribution in [2.75, 3.05) is 13.7 Å². The van der Waals surface area contributed by atoms with Gasteiger partial charge in [-0.1, -0.05) is 30.3 Å². The average molecular weight is 313 g/mol. The Kier molecular flexibility index (Phi) is 4.60. The molecule has 1 heterocycles. The molecule has 0 bridgehead atoms. The number of benzene rings is 2. The van der Waals surface area contributed by atoms with E-state index in [0.717, 1.165) is 23.3 Å². The summed E-state index contributed by atoms with van der Waals surface area (Å²) in [5, 5.41) is 0. The lowest BCUT2D eigenvalue weighted by molar-refractivity contribution is -0.132. The van der Waals surface area contributed by atoms with E-state index in [2.05, 4.69) is 0 Å². The number of carbonyl (C=O) groups is 1. The molecule has 4 heteroatoms. The summed E-state index contributed by atoms with van der Waals surface area (Å²) in [5.74, 6) is 0.703. The quantitative estimate of drug-likeness (QED) is 0.860. The third-order valence-corrected chi connectivity index (χ3v) is 4.33. The molecule has 0 spiro atoms. The van der Waals surface area contributed by atoms with Crippen LogP contribution in [0.5, 0.6) is 5.75 Å². The second kappa shape index (κ2) is 6.82. The van der Waals surface area contributed by atoms with E-state index in [9.17, 15) is 9.18 Å². The van der Waals surface area contributed by atoms with Crippen molar-refractivity contribution in [3.63, 3.8) is 0 Å². The number of para-hydroxylation sites is 1. The Balaban J connectivity index is 1.65. The van der Waals surface area contributed by atoms with Gasteiger partial charge in [-0.25, -0.2) is 4.39 Å². The van der Waals surface area contributed by atoms with Crippen molar-refractivity contribution in [1.29, 1.82) is 0 Å². The van der Waals surface area contributed by atoms with E-state index in [1.54, 1.807) is 12.1 Å². The fourth-order valence-corrected chi connectivity index (χ4v) is 2.98.